The number of carbonyl (C=O) groups excluding carboxylic acids is 3. The predicted molar refractivity (Wildman–Crippen MR) is 155 cm³/mol. The van der Waals surface area contributed by atoms with Crippen LogP contribution in [0.5, 0.6) is 5.75 Å². The molecule has 3 heterocycles. The van der Waals surface area contributed by atoms with Crippen molar-refractivity contribution in [3.05, 3.63) is 71.3 Å². The summed E-state index contributed by atoms with van der Waals surface area (Å²) < 4.78 is 11.8. The lowest BCUT2D eigenvalue weighted by molar-refractivity contribution is -0.142. The number of nitrogens with zero attached hydrogens (tertiary/aromatic N) is 1. The normalized spacial score (nSPS) is 33.5. The molecule has 8 unspecified atom stereocenters. The van der Waals surface area contributed by atoms with E-state index in [1.54, 1.807) is 36.3 Å². The fourth-order valence-corrected chi connectivity index (χ4v) is 7.39. The molecule has 216 valence electrons. The first kappa shape index (κ1) is 27.8. The van der Waals surface area contributed by atoms with Gasteiger partial charge in [-0.25, -0.2) is 0 Å². The van der Waals surface area contributed by atoms with Crippen LogP contribution in [0.3, 0.4) is 0 Å². The molecule has 4 aliphatic rings. The first-order valence-corrected chi connectivity index (χ1v) is 14.8. The van der Waals surface area contributed by atoms with Gasteiger partial charge >= 0.3 is 0 Å². The molecule has 8 nitrogen and oxygen atoms in total. The Morgan fingerprint density at radius 1 is 1.12 bits per heavy atom. The summed E-state index contributed by atoms with van der Waals surface area (Å²) in [6.45, 7) is 4.61. The Kier molecular flexibility index (Phi) is 7.32. The Labute approximate surface area is 245 Å². The molecular weight excluding hydrogens is 542 g/mol. The second kappa shape index (κ2) is 10.8. The van der Waals surface area contributed by atoms with E-state index in [1.165, 1.54) is 0 Å². The third-order valence-electron chi connectivity index (χ3n) is 9.56. The average Bonchev–Trinajstić information content (AvgIpc) is 3.59. The van der Waals surface area contributed by atoms with Gasteiger partial charge in [0, 0.05) is 23.3 Å². The van der Waals surface area contributed by atoms with Crippen LogP contribution in [0.4, 0.5) is 5.69 Å². The number of carbonyl (C=O) groups is 3. The van der Waals surface area contributed by atoms with Crippen LogP contribution in [-0.2, 0) is 25.7 Å². The molecule has 2 bridgehead atoms. The van der Waals surface area contributed by atoms with Crippen LogP contribution >= 0.6 is 11.6 Å². The first-order chi connectivity index (χ1) is 19.7. The lowest BCUT2D eigenvalue weighted by Crippen LogP contribution is -2.57. The van der Waals surface area contributed by atoms with E-state index < -0.39 is 29.6 Å². The molecule has 1 aliphatic carbocycles. The molecular formula is C32H36ClN3O5. The summed E-state index contributed by atoms with van der Waals surface area (Å²) in [5.74, 6) is -0.911. The number of benzene rings is 2. The van der Waals surface area contributed by atoms with E-state index >= 15 is 0 Å². The van der Waals surface area contributed by atoms with Crippen molar-refractivity contribution in [1.82, 2.24) is 10.2 Å². The second-order valence-corrected chi connectivity index (χ2v) is 12.3. The number of rotatable bonds is 7. The first-order valence-electron chi connectivity index (χ1n) is 14.4. The summed E-state index contributed by atoms with van der Waals surface area (Å²) in [6, 6.07) is 13.4. The maximum Gasteiger partial charge on any atom is 0.246 e. The quantitative estimate of drug-likeness (QED) is 0.470. The van der Waals surface area contributed by atoms with E-state index in [2.05, 4.69) is 24.5 Å². The molecule has 41 heavy (non-hydrogen) atoms. The number of hydrogen-bond donors (Lipinski definition) is 2. The molecule has 9 heteroatoms. The second-order valence-electron chi connectivity index (χ2n) is 11.9. The highest BCUT2D eigenvalue weighted by molar-refractivity contribution is 6.30. The number of fused-ring (bicyclic) bond motifs is 1. The number of methoxy groups -OCH3 is 1. The molecule has 1 spiro atoms. The van der Waals surface area contributed by atoms with Gasteiger partial charge in [0.25, 0.3) is 0 Å². The Morgan fingerprint density at radius 3 is 2.63 bits per heavy atom. The minimum Gasteiger partial charge on any atom is -0.497 e. The topological polar surface area (TPSA) is 97.0 Å². The SMILES string of the molecule is COc1ccc(CN2C(=O)C3C(C(=O)Nc4cccc(Cl)c4)C4C=CC3(O4)C2C(=O)NC2CCCC(C)C2C)cc1. The van der Waals surface area contributed by atoms with Crippen LogP contribution < -0.4 is 15.4 Å². The van der Waals surface area contributed by atoms with E-state index in [9.17, 15) is 14.4 Å². The number of nitrogens with one attached hydrogen (secondary N) is 2. The number of anilines is 1. The molecule has 0 aromatic heterocycles. The zero-order valence-corrected chi connectivity index (χ0v) is 24.3. The molecule has 6 rings (SSSR count). The van der Waals surface area contributed by atoms with Crippen molar-refractivity contribution in [2.75, 3.05) is 12.4 Å². The minimum absolute atomic E-state index is 0.0177. The average molecular weight is 578 g/mol. The Balaban J connectivity index is 1.33. The molecule has 3 amide bonds. The Bertz CT molecular complexity index is 1380. The van der Waals surface area contributed by atoms with Crippen LogP contribution in [0.2, 0.25) is 5.02 Å². The fraction of sp³-hybridized carbons (Fsp3) is 0.469. The third-order valence-corrected chi connectivity index (χ3v) is 9.80. The molecule has 2 N–H and O–H groups in total. The van der Waals surface area contributed by atoms with Gasteiger partial charge in [0.2, 0.25) is 17.7 Å². The van der Waals surface area contributed by atoms with Gasteiger partial charge < -0.3 is 25.0 Å². The molecule has 1 saturated carbocycles. The van der Waals surface area contributed by atoms with Crippen molar-refractivity contribution in [1.29, 1.82) is 0 Å². The van der Waals surface area contributed by atoms with Crippen molar-refractivity contribution in [2.24, 2.45) is 23.7 Å². The zero-order chi connectivity index (χ0) is 28.9. The molecule has 2 aromatic rings. The van der Waals surface area contributed by atoms with Crippen LogP contribution in [0, 0.1) is 23.7 Å². The number of ether oxygens (including phenoxy) is 2. The summed E-state index contributed by atoms with van der Waals surface area (Å²) in [5.41, 5.74) is 0.169. The minimum atomic E-state index is -1.22. The lowest BCUT2D eigenvalue weighted by atomic mass is 9.73. The number of hydrogen-bond acceptors (Lipinski definition) is 5. The van der Waals surface area contributed by atoms with E-state index in [0.717, 1.165) is 24.8 Å². The number of amides is 3. The molecule has 3 aliphatic heterocycles. The molecule has 8 atom stereocenters. The molecule has 0 radical (unpaired) electrons. The van der Waals surface area contributed by atoms with Crippen molar-refractivity contribution < 1.29 is 23.9 Å². The predicted octanol–water partition coefficient (Wildman–Crippen LogP) is 4.58. The highest BCUT2D eigenvalue weighted by atomic mass is 35.5. The zero-order valence-electron chi connectivity index (χ0n) is 23.5. The summed E-state index contributed by atoms with van der Waals surface area (Å²) in [4.78, 5) is 43.7. The maximum absolute atomic E-state index is 14.3. The summed E-state index contributed by atoms with van der Waals surface area (Å²) in [7, 11) is 1.60. The summed E-state index contributed by atoms with van der Waals surface area (Å²) in [5, 5.41) is 6.70. The Hall–Kier alpha value is -3.36. The van der Waals surface area contributed by atoms with Crippen LogP contribution in [0.25, 0.3) is 0 Å². The smallest absolute Gasteiger partial charge is 0.246 e. The lowest BCUT2D eigenvalue weighted by Gasteiger charge is -2.38. The number of likely N-dealkylation sites (tertiary alicyclic amines) is 1. The van der Waals surface area contributed by atoms with Gasteiger partial charge in [-0.05, 0) is 54.2 Å². The van der Waals surface area contributed by atoms with Crippen LogP contribution in [-0.4, -0.2) is 53.5 Å². The fourth-order valence-electron chi connectivity index (χ4n) is 7.20. The largest absolute Gasteiger partial charge is 0.497 e. The number of halogens is 1. The molecule has 2 saturated heterocycles. The highest BCUT2D eigenvalue weighted by Crippen LogP contribution is 2.55. The van der Waals surface area contributed by atoms with E-state index in [1.807, 2.05) is 36.4 Å². The monoisotopic (exact) mass is 577 g/mol. The van der Waals surface area contributed by atoms with Gasteiger partial charge in [-0.2, -0.15) is 0 Å². The van der Waals surface area contributed by atoms with Crippen molar-refractivity contribution >= 4 is 35.0 Å². The van der Waals surface area contributed by atoms with Gasteiger partial charge in [0.1, 0.15) is 17.4 Å². The van der Waals surface area contributed by atoms with Gasteiger partial charge in [0.15, 0.2) is 0 Å². The highest BCUT2D eigenvalue weighted by Gasteiger charge is 2.72. The summed E-state index contributed by atoms with van der Waals surface area (Å²) >= 11 is 6.13. The molecule has 3 fully saturated rings. The maximum atomic E-state index is 14.3. The van der Waals surface area contributed by atoms with Crippen molar-refractivity contribution in [2.45, 2.75) is 63.4 Å². The van der Waals surface area contributed by atoms with Gasteiger partial charge in [-0.15, -0.1) is 0 Å². The van der Waals surface area contributed by atoms with Crippen LogP contribution in [0.15, 0.2) is 60.7 Å². The summed E-state index contributed by atoms with van der Waals surface area (Å²) in [6.07, 6.45) is 6.16. The van der Waals surface area contributed by atoms with E-state index in [4.69, 9.17) is 21.1 Å². The van der Waals surface area contributed by atoms with Crippen molar-refractivity contribution in [3.8, 4) is 5.75 Å². The standard InChI is InChI=1S/C32H36ClN3O5/c1-18-6-4-9-24(19(18)2)35-30(38)28-32-15-14-25(41-32)26(29(37)34-22-8-5-7-21(33)16-22)27(32)31(39)36(28)17-20-10-12-23(40-3)13-11-20/h5,7-8,10-16,18-19,24-28H,4,6,9,17H2,1-3H3,(H,34,37)(H,35,38). The van der Waals surface area contributed by atoms with Crippen molar-refractivity contribution in [3.63, 3.8) is 0 Å². The van der Waals surface area contributed by atoms with E-state index in [-0.39, 0.29) is 30.3 Å². The van der Waals surface area contributed by atoms with Crippen LogP contribution in [0.1, 0.15) is 38.7 Å². The van der Waals surface area contributed by atoms with Gasteiger partial charge in [-0.3, -0.25) is 14.4 Å². The third kappa shape index (κ3) is 4.81. The molecule has 2 aromatic carbocycles. The van der Waals surface area contributed by atoms with Gasteiger partial charge in [-0.1, -0.05) is 68.6 Å². The Morgan fingerprint density at radius 2 is 1.90 bits per heavy atom. The van der Waals surface area contributed by atoms with E-state index in [0.29, 0.717) is 28.3 Å². The van der Waals surface area contributed by atoms with Gasteiger partial charge in [0.05, 0.1) is 25.0 Å².